The zero-order valence-electron chi connectivity index (χ0n) is 15.8. The fraction of sp³-hybridized carbons (Fsp3) is 0.143. The van der Waals surface area contributed by atoms with Gasteiger partial charge in [-0.1, -0.05) is 29.3 Å². The molecule has 0 bridgehead atoms. The number of aromatic nitrogens is 3. The quantitative estimate of drug-likeness (QED) is 0.692. The van der Waals surface area contributed by atoms with Gasteiger partial charge < -0.3 is 10.0 Å². The molecule has 0 atom stereocenters. The zero-order valence-corrected chi connectivity index (χ0v) is 15.8. The first-order valence-electron chi connectivity index (χ1n) is 8.61. The number of hydrogen-bond acceptors (Lipinski definition) is 4. The molecule has 0 unspecified atom stereocenters. The van der Waals surface area contributed by atoms with Crippen LogP contribution in [0.25, 0.3) is 11.8 Å². The van der Waals surface area contributed by atoms with Crippen molar-refractivity contribution in [2.75, 3.05) is 7.05 Å². The topological polar surface area (TPSA) is 88.3 Å². The minimum Gasteiger partial charge on any atom is -0.477 e. The van der Waals surface area contributed by atoms with Crippen molar-refractivity contribution >= 4 is 18.0 Å². The normalized spacial score (nSPS) is 11.3. The van der Waals surface area contributed by atoms with Gasteiger partial charge in [0.15, 0.2) is 0 Å². The number of aliphatic carboxylic acids is 1. The van der Waals surface area contributed by atoms with Crippen molar-refractivity contribution in [1.29, 1.82) is 0 Å². The standard InChI is InChI=1S/C21H20N4O3/c1-14-8-15(2)10-17(9-14)20(26)24(3)19(21(27)28)11-16-4-6-18(7-5-16)25-13-22-12-23-25/h4-13H,1-3H3,(H,27,28). The maximum Gasteiger partial charge on any atom is 0.352 e. The predicted octanol–water partition coefficient (Wildman–Crippen LogP) is 3.08. The molecule has 3 aromatic rings. The summed E-state index contributed by atoms with van der Waals surface area (Å²) in [7, 11) is 1.46. The molecule has 1 N–H and O–H groups in total. The highest BCUT2D eigenvalue weighted by atomic mass is 16.4. The number of carboxylic acids is 1. The molecule has 0 saturated carbocycles. The van der Waals surface area contributed by atoms with Gasteiger partial charge in [-0.2, -0.15) is 5.10 Å². The average Bonchev–Trinajstić information content (AvgIpc) is 3.19. The van der Waals surface area contributed by atoms with Crippen LogP contribution in [0.2, 0.25) is 0 Å². The van der Waals surface area contributed by atoms with Crippen molar-refractivity contribution < 1.29 is 14.7 Å². The summed E-state index contributed by atoms with van der Waals surface area (Å²) in [6.07, 6.45) is 4.47. The Morgan fingerprint density at radius 1 is 1.07 bits per heavy atom. The molecule has 28 heavy (non-hydrogen) atoms. The number of likely N-dealkylation sites (N-methyl/N-ethyl adjacent to an activating group) is 1. The summed E-state index contributed by atoms with van der Waals surface area (Å²) in [5.74, 6) is -1.56. The minimum atomic E-state index is -1.18. The second kappa shape index (κ2) is 7.87. The van der Waals surface area contributed by atoms with E-state index in [-0.39, 0.29) is 11.6 Å². The zero-order chi connectivity index (χ0) is 20.3. The number of nitrogens with zero attached hydrogens (tertiary/aromatic N) is 4. The summed E-state index contributed by atoms with van der Waals surface area (Å²) in [5.41, 5.74) is 3.68. The van der Waals surface area contributed by atoms with Gasteiger partial charge in [-0.15, -0.1) is 0 Å². The van der Waals surface area contributed by atoms with Gasteiger partial charge in [-0.3, -0.25) is 4.79 Å². The van der Waals surface area contributed by atoms with Crippen molar-refractivity contribution in [3.8, 4) is 5.69 Å². The van der Waals surface area contributed by atoms with Crippen LogP contribution < -0.4 is 0 Å². The molecule has 0 saturated heterocycles. The maximum atomic E-state index is 12.8. The number of hydrogen-bond donors (Lipinski definition) is 1. The monoisotopic (exact) mass is 376 g/mol. The Bertz CT molecular complexity index is 1020. The molecule has 0 spiro atoms. The SMILES string of the molecule is Cc1cc(C)cc(C(=O)N(C)C(=Cc2ccc(-n3cncn3)cc2)C(=O)O)c1. The van der Waals surface area contributed by atoms with Gasteiger partial charge in [0, 0.05) is 12.6 Å². The van der Waals surface area contributed by atoms with E-state index in [1.807, 2.05) is 19.9 Å². The van der Waals surface area contributed by atoms with E-state index in [0.717, 1.165) is 21.7 Å². The van der Waals surface area contributed by atoms with E-state index in [1.165, 1.54) is 19.5 Å². The summed E-state index contributed by atoms with van der Waals surface area (Å²) in [4.78, 5) is 29.6. The molecule has 2 aromatic carbocycles. The molecule has 0 aliphatic rings. The van der Waals surface area contributed by atoms with Crippen LogP contribution in [0.3, 0.4) is 0 Å². The molecule has 1 heterocycles. The van der Waals surface area contributed by atoms with Crippen molar-refractivity contribution in [3.63, 3.8) is 0 Å². The maximum absolute atomic E-state index is 12.8. The van der Waals surface area contributed by atoms with Gasteiger partial charge in [-0.25, -0.2) is 14.5 Å². The molecule has 0 aliphatic carbocycles. The smallest absolute Gasteiger partial charge is 0.352 e. The summed E-state index contributed by atoms with van der Waals surface area (Å²) < 4.78 is 1.60. The Balaban J connectivity index is 1.89. The summed E-state index contributed by atoms with van der Waals surface area (Å²) in [6, 6.07) is 12.6. The highest BCUT2D eigenvalue weighted by Gasteiger charge is 2.21. The Morgan fingerprint density at radius 3 is 2.25 bits per heavy atom. The molecule has 3 rings (SSSR count). The van der Waals surface area contributed by atoms with Gasteiger partial charge in [0.2, 0.25) is 0 Å². The predicted molar refractivity (Wildman–Crippen MR) is 105 cm³/mol. The lowest BCUT2D eigenvalue weighted by Crippen LogP contribution is -2.30. The lowest BCUT2D eigenvalue weighted by Gasteiger charge is -2.18. The summed E-state index contributed by atoms with van der Waals surface area (Å²) in [6.45, 7) is 3.79. The third-order valence-electron chi connectivity index (χ3n) is 4.23. The number of aryl methyl sites for hydroxylation is 2. The van der Waals surface area contributed by atoms with Crippen LogP contribution in [0.5, 0.6) is 0 Å². The molecule has 1 aromatic heterocycles. The largest absolute Gasteiger partial charge is 0.477 e. The number of rotatable bonds is 5. The molecule has 0 radical (unpaired) electrons. The van der Waals surface area contributed by atoms with Crippen LogP contribution in [0.1, 0.15) is 27.0 Å². The summed E-state index contributed by atoms with van der Waals surface area (Å²) >= 11 is 0. The minimum absolute atomic E-state index is 0.113. The van der Waals surface area contributed by atoms with E-state index in [4.69, 9.17) is 0 Å². The first-order chi connectivity index (χ1) is 13.3. The number of carbonyl (C=O) groups excluding carboxylic acids is 1. The second-order valence-corrected chi connectivity index (χ2v) is 6.51. The molecule has 0 fully saturated rings. The van der Waals surface area contributed by atoms with Crippen LogP contribution in [0.15, 0.2) is 60.8 Å². The van der Waals surface area contributed by atoms with Crippen molar-refractivity contribution in [1.82, 2.24) is 19.7 Å². The van der Waals surface area contributed by atoms with Gasteiger partial charge in [-0.05, 0) is 49.8 Å². The summed E-state index contributed by atoms with van der Waals surface area (Å²) in [5, 5.41) is 13.7. The van der Waals surface area contributed by atoms with Crippen LogP contribution in [0, 0.1) is 13.8 Å². The Morgan fingerprint density at radius 2 is 1.71 bits per heavy atom. The molecule has 0 aliphatic heterocycles. The number of carbonyl (C=O) groups is 2. The highest BCUT2D eigenvalue weighted by molar-refractivity contribution is 6.02. The van der Waals surface area contributed by atoms with Crippen molar-refractivity contribution in [2.45, 2.75) is 13.8 Å². The van der Waals surface area contributed by atoms with Crippen LogP contribution in [-0.2, 0) is 4.79 Å². The highest BCUT2D eigenvalue weighted by Crippen LogP contribution is 2.17. The van der Waals surface area contributed by atoms with Crippen LogP contribution in [-0.4, -0.2) is 43.7 Å². The number of carboxylic acid groups (broad SMARTS) is 1. The average molecular weight is 376 g/mol. The number of benzene rings is 2. The van der Waals surface area contributed by atoms with E-state index in [2.05, 4.69) is 10.1 Å². The van der Waals surface area contributed by atoms with E-state index >= 15 is 0 Å². The van der Waals surface area contributed by atoms with Crippen LogP contribution in [0.4, 0.5) is 0 Å². The van der Waals surface area contributed by atoms with E-state index < -0.39 is 5.97 Å². The fourth-order valence-electron chi connectivity index (χ4n) is 2.93. The second-order valence-electron chi connectivity index (χ2n) is 6.51. The third kappa shape index (κ3) is 4.15. The first kappa shape index (κ1) is 19.0. The molecule has 142 valence electrons. The lowest BCUT2D eigenvalue weighted by atomic mass is 10.1. The van der Waals surface area contributed by atoms with Crippen molar-refractivity contribution in [3.05, 3.63) is 83.1 Å². The van der Waals surface area contributed by atoms with Gasteiger partial charge in [0.25, 0.3) is 5.91 Å². The van der Waals surface area contributed by atoms with E-state index in [0.29, 0.717) is 11.1 Å². The molecule has 7 nitrogen and oxygen atoms in total. The lowest BCUT2D eigenvalue weighted by molar-refractivity contribution is -0.133. The third-order valence-corrected chi connectivity index (χ3v) is 4.23. The molecular weight excluding hydrogens is 356 g/mol. The van der Waals surface area contributed by atoms with Gasteiger partial charge in [0.1, 0.15) is 18.4 Å². The van der Waals surface area contributed by atoms with Crippen molar-refractivity contribution in [2.24, 2.45) is 0 Å². The van der Waals surface area contributed by atoms with Gasteiger partial charge in [0.05, 0.1) is 5.69 Å². The Kier molecular flexibility index (Phi) is 5.35. The Hall–Kier alpha value is -3.74. The first-order valence-corrected chi connectivity index (χ1v) is 8.61. The van der Waals surface area contributed by atoms with E-state index in [9.17, 15) is 14.7 Å². The van der Waals surface area contributed by atoms with Gasteiger partial charge >= 0.3 is 5.97 Å². The number of amides is 1. The Labute approximate surface area is 162 Å². The molecule has 7 heteroatoms. The van der Waals surface area contributed by atoms with Crippen LogP contribution >= 0.6 is 0 Å². The molecule has 1 amide bonds. The molecular formula is C21H20N4O3. The fourth-order valence-corrected chi connectivity index (χ4v) is 2.93. The van der Waals surface area contributed by atoms with E-state index in [1.54, 1.807) is 47.4 Å².